The molecule has 10 heteroatoms. The van der Waals surface area contributed by atoms with Gasteiger partial charge in [0.2, 0.25) is 5.91 Å². The standard InChI is InChI=1S/C34H33Cl2N5O3/c1-22(2)41(34(44)37-18-23-15-16-28(35)29(36)17-23)39-21-31(42)40-30(39)20-38(33(43)32(40)25-10-4-3-5-11-25)19-26-13-8-12-24-9-6-7-14-27(24)26/h3-17,22,30,32H,18-21H2,1-2H3,(H,37,44)/t30-,32+/m1/s1. The fourth-order valence-corrected chi connectivity index (χ4v) is 6.53. The average molecular weight is 631 g/mol. The van der Waals surface area contributed by atoms with E-state index >= 15 is 0 Å². The van der Waals surface area contributed by atoms with E-state index in [9.17, 15) is 14.4 Å². The summed E-state index contributed by atoms with van der Waals surface area (Å²) >= 11 is 12.2. The van der Waals surface area contributed by atoms with Crippen molar-refractivity contribution in [3.8, 4) is 0 Å². The van der Waals surface area contributed by atoms with E-state index in [2.05, 4.69) is 23.5 Å². The van der Waals surface area contributed by atoms with Crippen molar-refractivity contribution >= 4 is 51.8 Å². The molecule has 0 saturated carbocycles. The molecule has 2 heterocycles. The van der Waals surface area contributed by atoms with Crippen molar-refractivity contribution in [3.63, 3.8) is 0 Å². The maximum atomic E-state index is 14.2. The number of carbonyl (C=O) groups excluding carboxylic acids is 3. The quantitative estimate of drug-likeness (QED) is 0.263. The Balaban J connectivity index is 1.32. The highest BCUT2D eigenvalue weighted by atomic mass is 35.5. The lowest BCUT2D eigenvalue weighted by molar-refractivity contribution is -0.159. The number of hydrazine groups is 1. The second-order valence-electron chi connectivity index (χ2n) is 11.4. The highest BCUT2D eigenvalue weighted by Crippen LogP contribution is 2.37. The molecular formula is C34H33Cl2N5O3. The minimum Gasteiger partial charge on any atom is -0.333 e. The molecule has 2 saturated heterocycles. The van der Waals surface area contributed by atoms with Crippen LogP contribution in [0.25, 0.3) is 10.8 Å². The van der Waals surface area contributed by atoms with Gasteiger partial charge in [-0.1, -0.05) is 102 Å². The first-order valence-electron chi connectivity index (χ1n) is 14.6. The number of hydrogen-bond acceptors (Lipinski definition) is 4. The smallest absolute Gasteiger partial charge is 0.332 e. The van der Waals surface area contributed by atoms with Crippen molar-refractivity contribution in [1.29, 1.82) is 0 Å². The minimum atomic E-state index is -0.810. The number of fused-ring (bicyclic) bond motifs is 2. The van der Waals surface area contributed by atoms with Crippen molar-refractivity contribution in [1.82, 2.24) is 25.1 Å². The molecule has 8 nitrogen and oxygen atoms in total. The zero-order chi connectivity index (χ0) is 31.0. The molecular weight excluding hydrogens is 597 g/mol. The largest absolute Gasteiger partial charge is 0.333 e. The Morgan fingerprint density at radius 3 is 2.41 bits per heavy atom. The molecule has 0 aliphatic carbocycles. The van der Waals surface area contributed by atoms with Gasteiger partial charge in [-0.2, -0.15) is 5.01 Å². The number of rotatable bonds is 7. The Bertz CT molecular complexity index is 1710. The Morgan fingerprint density at radius 1 is 0.932 bits per heavy atom. The topological polar surface area (TPSA) is 76.2 Å². The van der Waals surface area contributed by atoms with Crippen molar-refractivity contribution in [2.45, 2.75) is 45.2 Å². The molecule has 2 aliphatic heterocycles. The van der Waals surface area contributed by atoms with E-state index in [0.29, 0.717) is 16.6 Å². The van der Waals surface area contributed by atoms with E-state index in [-0.39, 0.29) is 43.5 Å². The summed E-state index contributed by atoms with van der Waals surface area (Å²) in [6.45, 7) is 4.64. The fraction of sp³-hybridized carbons (Fsp3) is 0.265. The van der Waals surface area contributed by atoms with E-state index in [4.69, 9.17) is 23.2 Å². The van der Waals surface area contributed by atoms with Crippen molar-refractivity contribution in [2.24, 2.45) is 0 Å². The van der Waals surface area contributed by atoms with Gasteiger partial charge >= 0.3 is 6.03 Å². The van der Waals surface area contributed by atoms with Crippen molar-refractivity contribution in [3.05, 3.63) is 118 Å². The summed E-state index contributed by atoms with van der Waals surface area (Å²) < 4.78 is 0. The SMILES string of the molecule is CC(C)N(C(=O)NCc1ccc(Cl)c(Cl)c1)N1CC(=O)N2[C@@H](c3ccccc3)C(=O)N(Cc3cccc4ccccc34)C[C@@H]21. The number of carbonyl (C=O) groups is 3. The summed E-state index contributed by atoms with van der Waals surface area (Å²) in [5.41, 5.74) is 2.55. The number of amides is 4. The number of nitrogens with zero attached hydrogens (tertiary/aromatic N) is 4. The zero-order valence-corrected chi connectivity index (χ0v) is 26.0. The molecule has 44 heavy (non-hydrogen) atoms. The van der Waals surface area contributed by atoms with Crippen LogP contribution in [0.3, 0.4) is 0 Å². The molecule has 0 spiro atoms. The highest BCUT2D eigenvalue weighted by molar-refractivity contribution is 6.42. The summed E-state index contributed by atoms with van der Waals surface area (Å²) in [5, 5.41) is 9.38. The van der Waals surface area contributed by atoms with Gasteiger partial charge in [0.1, 0.15) is 12.2 Å². The maximum Gasteiger partial charge on any atom is 0.332 e. The second kappa shape index (κ2) is 12.5. The number of nitrogens with one attached hydrogen (secondary N) is 1. The lowest BCUT2D eigenvalue weighted by Crippen LogP contribution is -2.63. The average Bonchev–Trinajstić information content (AvgIpc) is 3.33. The predicted octanol–water partition coefficient (Wildman–Crippen LogP) is 6.24. The number of piperazine rings is 1. The Morgan fingerprint density at radius 2 is 1.66 bits per heavy atom. The first kappa shape index (κ1) is 29.9. The van der Waals surface area contributed by atoms with Crippen LogP contribution in [-0.4, -0.2) is 63.0 Å². The van der Waals surface area contributed by atoms with Crippen LogP contribution >= 0.6 is 23.2 Å². The molecule has 4 amide bonds. The lowest BCUT2D eigenvalue weighted by atomic mass is 9.99. The van der Waals surface area contributed by atoms with Crippen LogP contribution in [0.15, 0.2) is 91.0 Å². The van der Waals surface area contributed by atoms with E-state index in [1.54, 1.807) is 33.1 Å². The summed E-state index contributed by atoms with van der Waals surface area (Å²) in [7, 11) is 0. The van der Waals surface area contributed by atoms with E-state index < -0.39 is 12.2 Å². The summed E-state index contributed by atoms with van der Waals surface area (Å²) in [6, 6.07) is 27.4. The summed E-state index contributed by atoms with van der Waals surface area (Å²) in [6.07, 6.45) is -0.543. The van der Waals surface area contributed by atoms with Gasteiger partial charge in [-0.15, -0.1) is 0 Å². The van der Waals surface area contributed by atoms with Crippen LogP contribution in [0.1, 0.15) is 36.6 Å². The molecule has 0 unspecified atom stereocenters. The van der Waals surface area contributed by atoms with Crippen LogP contribution in [0, 0.1) is 0 Å². The van der Waals surface area contributed by atoms with Gasteiger partial charge in [-0.05, 0) is 53.4 Å². The number of halogens is 2. The van der Waals surface area contributed by atoms with Gasteiger partial charge in [-0.3, -0.25) is 14.6 Å². The molecule has 4 aromatic carbocycles. The summed E-state index contributed by atoms with van der Waals surface area (Å²) in [4.78, 5) is 45.1. The van der Waals surface area contributed by atoms with Gasteiger partial charge in [0.05, 0.1) is 23.1 Å². The van der Waals surface area contributed by atoms with Crippen LogP contribution < -0.4 is 5.32 Å². The Kier molecular flexibility index (Phi) is 8.49. The monoisotopic (exact) mass is 629 g/mol. The van der Waals surface area contributed by atoms with E-state index in [0.717, 1.165) is 27.5 Å². The highest BCUT2D eigenvalue weighted by Gasteiger charge is 2.53. The Hall–Kier alpha value is -4.11. The van der Waals surface area contributed by atoms with Crippen LogP contribution in [0.4, 0.5) is 4.79 Å². The molecule has 4 aromatic rings. The molecule has 2 aliphatic rings. The van der Waals surface area contributed by atoms with E-state index in [1.165, 1.54) is 0 Å². The Labute approximate surface area is 266 Å². The van der Waals surface area contributed by atoms with Gasteiger partial charge in [-0.25, -0.2) is 4.79 Å². The number of benzene rings is 4. The molecule has 2 atom stereocenters. The third kappa shape index (κ3) is 5.73. The minimum absolute atomic E-state index is 0.0260. The zero-order valence-electron chi connectivity index (χ0n) is 24.5. The molecule has 0 bridgehead atoms. The van der Waals surface area contributed by atoms with Gasteiger partial charge in [0.15, 0.2) is 0 Å². The third-order valence-corrected chi connectivity index (χ3v) is 8.96. The molecule has 226 valence electrons. The first-order chi connectivity index (χ1) is 21.2. The first-order valence-corrected chi connectivity index (χ1v) is 15.4. The molecule has 6 rings (SSSR count). The van der Waals surface area contributed by atoms with E-state index in [1.807, 2.05) is 73.3 Å². The number of hydrogen-bond donors (Lipinski definition) is 1. The van der Waals surface area contributed by atoms with Crippen LogP contribution in [0.5, 0.6) is 0 Å². The van der Waals surface area contributed by atoms with Crippen LogP contribution in [0.2, 0.25) is 10.0 Å². The van der Waals surface area contributed by atoms with Crippen LogP contribution in [-0.2, 0) is 22.7 Å². The maximum absolute atomic E-state index is 14.2. The van der Waals surface area contributed by atoms with Gasteiger partial charge in [0, 0.05) is 19.1 Å². The molecule has 0 aromatic heterocycles. The normalized spacial score (nSPS) is 18.7. The number of urea groups is 1. The van der Waals surface area contributed by atoms with Crippen molar-refractivity contribution in [2.75, 3.05) is 13.1 Å². The third-order valence-electron chi connectivity index (χ3n) is 8.22. The lowest BCUT2D eigenvalue weighted by Gasteiger charge is -2.47. The fourth-order valence-electron chi connectivity index (χ4n) is 6.21. The predicted molar refractivity (Wildman–Crippen MR) is 172 cm³/mol. The van der Waals surface area contributed by atoms with Gasteiger partial charge < -0.3 is 15.1 Å². The van der Waals surface area contributed by atoms with Crippen molar-refractivity contribution < 1.29 is 14.4 Å². The molecule has 0 radical (unpaired) electrons. The molecule has 2 fully saturated rings. The second-order valence-corrected chi connectivity index (χ2v) is 12.2. The molecule has 1 N–H and O–H groups in total. The summed E-state index contributed by atoms with van der Waals surface area (Å²) in [5.74, 6) is -0.347. The van der Waals surface area contributed by atoms with Gasteiger partial charge in [0.25, 0.3) is 5.91 Å².